The average Bonchev–Trinajstić information content (AvgIpc) is 2.36. The van der Waals surface area contributed by atoms with E-state index in [2.05, 4.69) is 15.9 Å². The van der Waals surface area contributed by atoms with Crippen LogP contribution in [0.1, 0.15) is 18.1 Å². The fourth-order valence-corrected chi connectivity index (χ4v) is 2.68. The molecule has 2 aromatic rings. The molecule has 0 spiro atoms. The van der Waals surface area contributed by atoms with Crippen LogP contribution in [0.2, 0.25) is 5.02 Å². The predicted octanol–water partition coefficient (Wildman–Crippen LogP) is 5.09. The van der Waals surface area contributed by atoms with E-state index < -0.39 is 0 Å². The van der Waals surface area contributed by atoms with Crippen LogP contribution in [0.4, 0.5) is 0 Å². The number of hydrogen-bond donors (Lipinski definition) is 1. The summed E-state index contributed by atoms with van der Waals surface area (Å²) in [7, 11) is 0. The molecule has 20 heavy (non-hydrogen) atoms. The van der Waals surface area contributed by atoms with Crippen molar-refractivity contribution < 1.29 is 4.74 Å². The van der Waals surface area contributed by atoms with Crippen LogP contribution in [-0.4, -0.2) is 6.04 Å². The molecule has 2 aromatic carbocycles. The van der Waals surface area contributed by atoms with Gasteiger partial charge in [-0.15, -0.1) is 0 Å². The van der Waals surface area contributed by atoms with Gasteiger partial charge in [-0.25, -0.2) is 0 Å². The molecule has 0 fully saturated rings. The summed E-state index contributed by atoms with van der Waals surface area (Å²) in [4.78, 5) is 0. The van der Waals surface area contributed by atoms with Crippen molar-refractivity contribution in [3.05, 3.63) is 57.0 Å². The Morgan fingerprint density at radius 1 is 1.25 bits per heavy atom. The molecule has 1 atom stereocenters. The van der Waals surface area contributed by atoms with Crippen LogP contribution in [0.15, 0.2) is 40.9 Å². The normalized spacial score (nSPS) is 12.2. The Bertz CT molecular complexity index is 613. The number of benzene rings is 2. The molecule has 0 aromatic heterocycles. The Labute approximate surface area is 133 Å². The first-order valence-corrected chi connectivity index (χ1v) is 7.61. The minimum absolute atomic E-state index is 0.0907. The van der Waals surface area contributed by atoms with Crippen LogP contribution in [0.25, 0.3) is 0 Å². The van der Waals surface area contributed by atoms with Crippen molar-refractivity contribution in [1.29, 1.82) is 0 Å². The molecule has 106 valence electrons. The zero-order valence-corrected chi connectivity index (χ0v) is 13.8. The third-order valence-corrected chi connectivity index (χ3v) is 3.78. The van der Waals surface area contributed by atoms with Crippen LogP contribution in [0.5, 0.6) is 11.5 Å². The number of nitrogens with two attached hydrogens (primary N) is 1. The molecule has 0 aliphatic heterocycles. The zero-order valence-electron chi connectivity index (χ0n) is 11.5. The molecule has 0 saturated heterocycles. The van der Waals surface area contributed by atoms with Crippen LogP contribution in [0, 0.1) is 6.92 Å². The summed E-state index contributed by atoms with van der Waals surface area (Å²) in [5, 5.41) is 0.689. The van der Waals surface area contributed by atoms with Gasteiger partial charge in [0.1, 0.15) is 11.5 Å². The molecule has 0 amide bonds. The Balaban J connectivity index is 2.20. The van der Waals surface area contributed by atoms with E-state index in [1.807, 2.05) is 50.2 Å². The fourth-order valence-electron chi connectivity index (χ4n) is 1.96. The third-order valence-electron chi connectivity index (χ3n) is 2.93. The van der Waals surface area contributed by atoms with Crippen molar-refractivity contribution in [2.45, 2.75) is 26.3 Å². The predicted molar refractivity (Wildman–Crippen MR) is 87.8 cm³/mol. The second-order valence-corrected chi connectivity index (χ2v) is 6.27. The van der Waals surface area contributed by atoms with Crippen molar-refractivity contribution in [3.8, 4) is 11.5 Å². The minimum Gasteiger partial charge on any atom is -0.457 e. The van der Waals surface area contributed by atoms with E-state index in [1.54, 1.807) is 0 Å². The Hall–Kier alpha value is -1.03. The lowest BCUT2D eigenvalue weighted by molar-refractivity contribution is 0.478. The lowest BCUT2D eigenvalue weighted by Gasteiger charge is -2.12. The van der Waals surface area contributed by atoms with Gasteiger partial charge in [-0.2, -0.15) is 0 Å². The number of halogens is 2. The highest BCUT2D eigenvalue weighted by atomic mass is 79.9. The molecule has 2 N–H and O–H groups in total. The van der Waals surface area contributed by atoms with Gasteiger partial charge >= 0.3 is 0 Å². The highest BCUT2D eigenvalue weighted by molar-refractivity contribution is 9.10. The van der Waals surface area contributed by atoms with Gasteiger partial charge in [0.2, 0.25) is 0 Å². The lowest BCUT2D eigenvalue weighted by atomic mass is 10.1. The summed E-state index contributed by atoms with van der Waals surface area (Å²) in [5.41, 5.74) is 7.90. The molecule has 2 nitrogen and oxygen atoms in total. The zero-order chi connectivity index (χ0) is 14.7. The number of ether oxygens (including phenoxy) is 1. The van der Waals surface area contributed by atoms with E-state index in [9.17, 15) is 0 Å². The van der Waals surface area contributed by atoms with Crippen LogP contribution >= 0.6 is 27.5 Å². The monoisotopic (exact) mass is 353 g/mol. The summed E-state index contributed by atoms with van der Waals surface area (Å²) in [6.45, 7) is 3.97. The summed E-state index contributed by atoms with van der Waals surface area (Å²) in [6.07, 6.45) is 0.760. The van der Waals surface area contributed by atoms with Gasteiger partial charge in [0, 0.05) is 15.5 Å². The maximum absolute atomic E-state index is 6.26. The molecule has 0 heterocycles. The molecule has 0 radical (unpaired) electrons. The van der Waals surface area contributed by atoms with Crippen LogP contribution < -0.4 is 10.5 Å². The Morgan fingerprint density at radius 3 is 2.60 bits per heavy atom. The van der Waals surface area contributed by atoms with Gasteiger partial charge in [0.25, 0.3) is 0 Å². The number of rotatable bonds is 4. The minimum atomic E-state index is 0.0907. The summed E-state index contributed by atoms with van der Waals surface area (Å²) < 4.78 is 6.90. The first kappa shape index (κ1) is 15.4. The van der Waals surface area contributed by atoms with Crippen molar-refractivity contribution in [2.24, 2.45) is 5.73 Å². The van der Waals surface area contributed by atoms with Crippen molar-refractivity contribution >= 4 is 27.5 Å². The molecule has 0 aliphatic carbocycles. The highest BCUT2D eigenvalue weighted by Crippen LogP contribution is 2.30. The molecule has 0 bridgehead atoms. The summed E-state index contributed by atoms with van der Waals surface area (Å²) in [6, 6.07) is 11.7. The second kappa shape index (κ2) is 6.61. The van der Waals surface area contributed by atoms with Gasteiger partial charge in [-0.3, -0.25) is 0 Å². The molecular weight excluding hydrogens is 338 g/mol. The Morgan fingerprint density at radius 2 is 2.00 bits per heavy atom. The largest absolute Gasteiger partial charge is 0.457 e. The quantitative estimate of drug-likeness (QED) is 0.829. The first-order chi connectivity index (χ1) is 9.45. The van der Waals surface area contributed by atoms with Crippen molar-refractivity contribution in [2.75, 3.05) is 0 Å². The molecule has 4 heteroatoms. The lowest BCUT2D eigenvalue weighted by Crippen LogP contribution is -2.17. The van der Waals surface area contributed by atoms with Gasteiger partial charge in [-0.05, 0) is 61.7 Å². The SMILES string of the molecule is Cc1cc(Br)ccc1Oc1ccc(CC(C)N)c(Cl)c1. The first-order valence-electron chi connectivity index (χ1n) is 6.43. The molecule has 1 unspecified atom stereocenters. The van der Waals surface area contributed by atoms with Crippen molar-refractivity contribution in [3.63, 3.8) is 0 Å². The molecular formula is C16H17BrClNO. The Kier molecular flexibility index (Phi) is 5.08. The smallest absolute Gasteiger partial charge is 0.130 e. The standard InChI is InChI=1S/C16H17BrClNO/c1-10-7-13(17)4-6-16(10)20-14-5-3-12(8-11(2)19)15(18)9-14/h3-7,9,11H,8,19H2,1-2H3. The van der Waals surface area contributed by atoms with Gasteiger partial charge in [0.15, 0.2) is 0 Å². The van der Waals surface area contributed by atoms with Gasteiger partial charge in [-0.1, -0.05) is 33.6 Å². The van der Waals surface area contributed by atoms with E-state index in [1.165, 1.54) is 0 Å². The molecule has 2 rings (SSSR count). The molecule has 0 aliphatic rings. The number of hydrogen-bond acceptors (Lipinski definition) is 2. The maximum Gasteiger partial charge on any atom is 0.130 e. The van der Waals surface area contributed by atoms with Crippen molar-refractivity contribution in [1.82, 2.24) is 0 Å². The van der Waals surface area contributed by atoms with E-state index in [0.29, 0.717) is 5.02 Å². The second-order valence-electron chi connectivity index (χ2n) is 4.95. The van der Waals surface area contributed by atoms with Crippen LogP contribution in [0.3, 0.4) is 0 Å². The maximum atomic E-state index is 6.26. The van der Waals surface area contributed by atoms with Gasteiger partial charge < -0.3 is 10.5 Å². The van der Waals surface area contributed by atoms with E-state index in [-0.39, 0.29) is 6.04 Å². The third kappa shape index (κ3) is 3.98. The van der Waals surface area contributed by atoms with Gasteiger partial charge in [0.05, 0.1) is 0 Å². The topological polar surface area (TPSA) is 35.2 Å². The molecule has 0 saturated carbocycles. The highest BCUT2D eigenvalue weighted by Gasteiger charge is 2.07. The summed E-state index contributed by atoms with van der Waals surface area (Å²) in [5.74, 6) is 1.55. The van der Waals surface area contributed by atoms with E-state index >= 15 is 0 Å². The van der Waals surface area contributed by atoms with Crippen LogP contribution in [-0.2, 0) is 6.42 Å². The summed E-state index contributed by atoms with van der Waals surface area (Å²) >= 11 is 9.70. The fraction of sp³-hybridized carbons (Fsp3) is 0.250. The van der Waals surface area contributed by atoms with E-state index in [0.717, 1.165) is 33.5 Å². The van der Waals surface area contributed by atoms with E-state index in [4.69, 9.17) is 22.1 Å². The number of aryl methyl sites for hydroxylation is 1. The average molecular weight is 355 g/mol.